The number of nitrogens with zero attached hydrogens (tertiary/aromatic N) is 3. The zero-order chi connectivity index (χ0) is 17.7. The first-order valence-corrected chi connectivity index (χ1v) is 8.18. The number of nitrogens with one attached hydrogen (secondary N) is 1. The van der Waals surface area contributed by atoms with Crippen molar-refractivity contribution >= 4 is 18.3 Å². The topological polar surface area (TPSA) is 95.1 Å². The quantitative estimate of drug-likeness (QED) is 0.781. The van der Waals surface area contributed by atoms with Crippen molar-refractivity contribution < 1.29 is 9.53 Å². The third-order valence-corrected chi connectivity index (χ3v) is 3.50. The van der Waals surface area contributed by atoms with Crippen LogP contribution in [0.1, 0.15) is 43.9 Å². The highest BCUT2D eigenvalue weighted by Crippen LogP contribution is 2.19. The SMILES string of the molecule is CCc1c(C(=O)N[C@@H](C)CN)nnn1-c1ccc(OC(C)C)cc1.Cl. The van der Waals surface area contributed by atoms with Crippen LogP contribution in [-0.4, -0.2) is 39.6 Å². The molecule has 8 heteroatoms. The van der Waals surface area contributed by atoms with Crippen molar-refractivity contribution in [2.45, 2.75) is 46.3 Å². The first-order valence-electron chi connectivity index (χ1n) is 8.18. The molecule has 0 bridgehead atoms. The van der Waals surface area contributed by atoms with Gasteiger partial charge in [0, 0.05) is 12.6 Å². The van der Waals surface area contributed by atoms with Crippen LogP contribution < -0.4 is 15.8 Å². The van der Waals surface area contributed by atoms with E-state index >= 15 is 0 Å². The fourth-order valence-electron chi connectivity index (χ4n) is 2.29. The second kappa shape index (κ2) is 9.39. The van der Waals surface area contributed by atoms with Crippen LogP contribution in [0.5, 0.6) is 5.75 Å². The van der Waals surface area contributed by atoms with Crippen molar-refractivity contribution in [1.29, 1.82) is 0 Å². The van der Waals surface area contributed by atoms with E-state index in [4.69, 9.17) is 10.5 Å². The minimum atomic E-state index is -0.254. The maximum absolute atomic E-state index is 12.3. The summed E-state index contributed by atoms with van der Waals surface area (Å²) in [6.07, 6.45) is 0.755. The first kappa shape index (κ1) is 20.9. The molecule has 1 aromatic heterocycles. The molecular formula is C17H26ClN5O2. The second-order valence-corrected chi connectivity index (χ2v) is 5.92. The number of nitrogens with two attached hydrogens (primary N) is 1. The molecule has 0 aliphatic heterocycles. The van der Waals surface area contributed by atoms with Crippen LogP contribution in [0.3, 0.4) is 0 Å². The number of ether oxygens (including phenoxy) is 1. The molecule has 7 nitrogen and oxygen atoms in total. The number of carbonyl (C=O) groups excluding carboxylic acids is 1. The summed E-state index contributed by atoms with van der Waals surface area (Å²) >= 11 is 0. The summed E-state index contributed by atoms with van der Waals surface area (Å²) in [7, 11) is 0. The van der Waals surface area contributed by atoms with Crippen LogP contribution in [-0.2, 0) is 6.42 Å². The maximum Gasteiger partial charge on any atom is 0.274 e. The van der Waals surface area contributed by atoms with Crippen LogP contribution in [0.2, 0.25) is 0 Å². The van der Waals surface area contributed by atoms with Gasteiger partial charge < -0.3 is 15.8 Å². The van der Waals surface area contributed by atoms with Crippen LogP contribution >= 0.6 is 12.4 Å². The van der Waals surface area contributed by atoms with E-state index < -0.39 is 0 Å². The molecule has 0 saturated carbocycles. The number of benzene rings is 1. The number of carbonyl (C=O) groups is 1. The Kier molecular flexibility index (Phi) is 7.86. The Morgan fingerprint density at radius 2 is 1.92 bits per heavy atom. The first-order chi connectivity index (χ1) is 11.5. The summed E-state index contributed by atoms with van der Waals surface area (Å²) in [5.74, 6) is 0.539. The fraction of sp³-hybridized carbons (Fsp3) is 0.471. The van der Waals surface area contributed by atoms with Crippen molar-refractivity contribution in [3.05, 3.63) is 35.7 Å². The molecular weight excluding hydrogens is 342 g/mol. The summed E-state index contributed by atoms with van der Waals surface area (Å²) in [5, 5.41) is 11.0. The molecule has 0 radical (unpaired) electrons. The monoisotopic (exact) mass is 367 g/mol. The summed E-state index contributed by atoms with van der Waals surface area (Å²) in [5.41, 5.74) is 7.47. The fourth-order valence-corrected chi connectivity index (χ4v) is 2.29. The highest BCUT2D eigenvalue weighted by atomic mass is 35.5. The number of hydrogen-bond acceptors (Lipinski definition) is 5. The van der Waals surface area contributed by atoms with Crippen LogP contribution in [0, 0.1) is 0 Å². The zero-order valence-corrected chi connectivity index (χ0v) is 15.8. The van der Waals surface area contributed by atoms with Gasteiger partial charge in [-0.05, 0) is 51.5 Å². The van der Waals surface area contributed by atoms with Crippen molar-refractivity contribution in [3.8, 4) is 11.4 Å². The van der Waals surface area contributed by atoms with Gasteiger partial charge in [0.1, 0.15) is 5.75 Å². The normalized spacial score (nSPS) is 11.8. The van der Waals surface area contributed by atoms with Gasteiger partial charge in [-0.1, -0.05) is 12.1 Å². The Balaban J connectivity index is 0.00000312. The average Bonchev–Trinajstić information content (AvgIpc) is 2.98. The van der Waals surface area contributed by atoms with Gasteiger partial charge in [0.25, 0.3) is 5.91 Å². The van der Waals surface area contributed by atoms with Gasteiger partial charge >= 0.3 is 0 Å². The average molecular weight is 368 g/mol. The predicted octanol–water partition coefficient (Wildman–Crippen LogP) is 2.12. The van der Waals surface area contributed by atoms with E-state index in [1.165, 1.54) is 0 Å². The molecule has 0 spiro atoms. The molecule has 138 valence electrons. The van der Waals surface area contributed by atoms with E-state index in [-0.39, 0.29) is 30.5 Å². The third-order valence-electron chi connectivity index (χ3n) is 3.50. The number of amides is 1. The molecule has 2 aromatic rings. The van der Waals surface area contributed by atoms with E-state index in [0.717, 1.165) is 17.1 Å². The van der Waals surface area contributed by atoms with Crippen LogP contribution in [0.15, 0.2) is 24.3 Å². The largest absolute Gasteiger partial charge is 0.491 e. The number of rotatable bonds is 7. The maximum atomic E-state index is 12.3. The van der Waals surface area contributed by atoms with Crippen molar-refractivity contribution in [1.82, 2.24) is 20.3 Å². The van der Waals surface area contributed by atoms with Gasteiger partial charge in [-0.25, -0.2) is 4.68 Å². The zero-order valence-electron chi connectivity index (χ0n) is 15.0. The van der Waals surface area contributed by atoms with E-state index in [1.54, 1.807) is 4.68 Å². The standard InChI is InChI=1S/C17H25N5O2.ClH/c1-5-15-16(17(23)19-12(4)10-18)20-21-22(15)13-6-8-14(9-7-13)24-11(2)3;/h6-9,11-12H,5,10,18H2,1-4H3,(H,19,23);1H/t12-;/m0./s1. The van der Waals surface area contributed by atoms with Gasteiger partial charge in [0.15, 0.2) is 5.69 Å². The molecule has 1 amide bonds. The number of hydrogen-bond donors (Lipinski definition) is 2. The lowest BCUT2D eigenvalue weighted by atomic mass is 10.2. The van der Waals surface area contributed by atoms with Gasteiger partial charge in [0.05, 0.1) is 17.5 Å². The Labute approximate surface area is 154 Å². The van der Waals surface area contributed by atoms with Gasteiger partial charge in [-0.3, -0.25) is 4.79 Å². The lowest BCUT2D eigenvalue weighted by molar-refractivity contribution is 0.0935. The van der Waals surface area contributed by atoms with Gasteiger partial charge in [-0.2, -0.15) is 0 Å². The molecule has 3 N–H and O–H groups in total. The van der Waals surface area contributed by atoms with Crippen molar-refractivity contribution in [3.63, 3.8) is 0 Å². The van der Waals surface area contributed by atoms with E-state index in [1.807, 2.05) is 52.0 Å². The lowest BCUT2D eigenvalue weighted by Crippen LogP contribution is -2.38. The summed E-state index contributed by atoms with van der Waals surface area (Å²) in [6.45, 7) is 8.15. The lowest BCUT2D eigenvalue weighted by Gasteiger charge is -2.12. The molecule has 0 aliphatic rings. The Hall–Kier alpha value is -2.12. The molecule has 1 aromatic carbocycles. The van der Waals surface area contributed by atoms with Crippen LogP contribution in [0.25, 0.3) is 5.69 Å². The summed E-state index contributed by atoms with van der Waals surface area (Å²) < 4.78 is 7.32. The molecule has 1 atom stereocenters. The minimum Gasteiger partial charge on any atom is -0.491 e. The number of halogens is 1. The van der Waals surface area contributed by atoms with E-state index in [9.17, 15) is 4.79 Å². The molecule has 0 unspecified atom stereocenters. The van der Waals surface area contributed by atoms with E-state index in [2.05, 4.69) is 15.6 Å². The molecule has 1 heterocycles. The third kappa shape index (κ3) is 5.17. The molecule has 0 fully saturated rings. The molecule has 0 saturated heterocycles. The highest BCUT2D eigenvalue weighted by molar-refractivity contribution is 5.93. The van der Waals surface area contributed by atoms with Crippen molar-refractivity contribution in [2.75, 3.05) is 6.54 Å². The Morgan fingerprint density at radius 1 is 1.28 bits per heavy atom. The van der Waals surface area contributed by atoms with Gasteiger partial charge in [0.2, 0.25) is 0 Å². The Morgan fingerprint density at radius 3 is 2.44 bits per heavy atom. The highest BCUT2D eigenvalue weighted by Gasteiger charge is 2.20. The summed E-state index contributed by atoms with van der Waals surface area (Å²) in [4.78, 5) is 12.3. The van der Waals surface area contributed by atoms with Crippen molar-refractivity contribution in [2.24, 2.45) is 5.73 Å². The minimum absolute atomic E-state index is 0. The predicted molar refractivity (Wildman–Crippen MR) is 99.7 cm³/mol. The van der Waals surface area contributed by atoms with Gasteiger partial charge in [-0.15, -0.1) is 17.5 Å². The van der Waals surface area contributed by atoms with E-state index in [0.29, 0.717) is 18.7 Å². The molecule has 2 rings (SSSR count). The molecule has 25 heavy (non-hydrogen) atoms. The Bertz CT molecular complexity index is 685. The smallest absolute Gasteiger partial charge is 0.274 e. The molecule has 0 aliphatic carbocycles. The summed E-state index contributed by atoms with van der Waals surface area (Å²) in [6, 6.07) is 7.45. The van der Waals surface area contributed by atoms with Crippen LogP contribution in [0.4, 0.5) is 0 Å². The second-order valence-electron chi connectivity index (χ2n) is 5.92. The number of aromatic nitrogens is 3.